The van der Waals surface area contributed by atoms with Crippen molar-refractivity contribution < 1.29 is 14.0 Å². The van der Waals surface area contributed by atoms with E-state index in [1.165, 1.54) is 18.9 Å². The number of nitrogens with two attached hydrogens (primary N) is 2. The first-order valence-corrected chi connectivity index (χ1v) is 13.1. The summed E-state index contributed by atoms with van der Waals surface area (Å²) < 4.78 is 9.14. The van der Waals surface area contributed by atoms with Crippen molar-refractivity contribution in [1.82, 2.24) is 39.0 Å². The minimum atomic E-state index is -0.239. The van der Waals surface area contributed by atoms with Crippen molar-refractivity contribution in [2.45, 2.75) is 25.9 Å². The number of nitrogens with zero attached hydrogens (tertiary/aromatic N) is 9. The quantitative estimate of drug-likeness (QED) is 0.173. The number of carbonyl (C=O) groups excluding carboxylic acids is 2. The zero-order chi connectivity index (χ0) is 29.8. The fourth-order valence-electron chi connectivity index (χ4n) is 4.25. The van der Waals surface area contributed by atoms with E-state index in [-0.39, 0.29) is 30.5 Å². The average Bonchev–Trinajstić information content (AvgIpc) is 3.74. The molecular formula is C27H25N13O3. The van der Waals surface area contributed by atoms with Crippen LogP contribution in [0.25, 0.3) is 22.3 Å². The maximum absolute atomic E-state index is 12.5. The maximum atomic E-state index is 12.5. The standard InChI is InChI=1S/C27H25N13O3/c28-24-22-26(33-12-31-24)39(14-35-22)9-7-19(41)37-17-3-1-16(2-4-17)30-11-18-5-6-21(43-18)38-20(42)8-10-40-15-36-23-25(29)32-13-34-27(23)40/h1-6,11-15H,7-10H2,(H,37,41)(H,38,42)(H2,28,31,33)(H2,29,32,34)/b30-11+. The molecule has 6 aromatic rings. The van der Waals surface area contributed by atoms with Gasteiger partial charge in [-0.05, 0) is 30.3 Å². The Morgan fingerprint density at radius 3 is 1.95 bits per heavy atom. The van der Waals surface area contributed by atoms with Crippen LogP contribution in [0.4, 0.5) is 28.9 Å². The van der Waals surface area contributed by atoms with Crippen molar-refractivity contribution in [1.29, 1.82) is 0 Å². The van der Waals surface area contributed by atoms with E-state index in [4.69, 9.17) is 15.9 Å². The Morgan fingerprint density at radius 1 is 0.767 bits per heavy atom. The van der Waals surface area contributed by atoms with E-state index >= 15 is 0 Å². The van der Waals surface area contributed by atoms with E-state index < -0.39 is 0 Å². The SMILES string of the molecule is Nc1ncnc2c1ncn2CCC(=O)Nc1ccc(/N=C/c2ccc(NC(=O)CCn3cnc4c(N)ncnc43)o2)cc1. The number of anilines is 4. The smallest absolute Gasteiger partial charge is 0.228 e. The predicted molar refractivity (Wildman–Crippen MR) is 158 cm³/mol. The summed E-state index contributed by atoms with van der Waals surface area (Å²) in [5.74, 6) is 0.935. The third kappa shape index (κ3) is 6.12. The maximum Gasteiger partial charge on any atom is 0.228 e. The molecule has 216 valence electrons. The monoisotopic (exact) mass is 579 g/mol. The van der Waals surface area contributed by atoms with Gasteiger partial charge in [-0.25, -0.2) is 29.9 Å². The van der Waals surface area contributed by atoms with E-state index in [1.807, 2.05) is 0 Å². The van der Waals surface area contributed by atoms with Gasteiger partial charge in [0.25, 0.3) is 0 Å². The Balaban J connectivity index is 0.970. The third-order valence-corrected chi connectivity index (χ3v) is 6.40. The van der Waals surface area contributed by atoms with E-state index in [0.717, 1.165) is 0 Å². The van der Waals surface area contributed by atoms with Gasteiger partial charge in [-0.3, -0.25) is 19.9 Å². The molecule has 16 heteroatoms. The molecule has 0 radical (unpaired) electrons. The second-order valence-electron chi connectivity index (χ2n) is 9.34. The Hall–Kier alpha value is -6.19. The molecule has 6 N–H and O–H groups in total. The summed E-state index contributed by atoms with van der Waals surface area (Å²) in [7, 11) is 0. The predicted octanol–water partition coefficient (Wildman–Crippen LogP) is 2.53. The second-order valence-corrected chi connectivity index (χ2v) is 9.34. The molecule has 0 spiro atoms. The van der Waals surface area contributed by atoms with Crippen molar-refractivity contribution in [2.24, 2.45) is 4.99 Å². The minimum Gasteiger partial charge on any atom is -0.439 e. The molecule has 16 nitrogen and oxygen atoms in total. The van der Waals surface area contributed by atoms with Gasteiger partial charge in [-0.2, -0.15) is 0 Å². The average molecular weight is 580 g/mol. The minimum absolute atomic E-state index is 0.165. The fraction of sp³-hybridized carbons (Fsp3) is 0.148. The van der Waals surface area contributed by atoms with Gasteiger partial charge in [-0.15, -0.1) is 0 Å². The molecule has 0 saturated heterocycles. The Kier molecular flexibility index (Phi) is 7.37. The first-order chi connectivity index (χ1) is 20.9. The van der Waals surface area contributed by atoms with Crippen molar-refractivity contribution in [3.8, 4) is 0 Å². The van der Waals surface area contributed by atoms with Crippen molar-refractivity contribution in [3.63, 3.8) is 0 Å². The second kappa shape index (κ2) is 11.7. The number of aryl methyl sites for hydroxylation is 2. The van der Waals surface area contributed by atoms with Gasteiger partial charge in [0.15, 0.2) is 28.8 Å². The largest absolute Gasteiger partial charge is 0.439 e. The lowest BCUT2D eigenvalue weighted by Gasteiger charge is -2.06. The molecule has 0 aliphatic carbocycles. The summed E-state index contributed by atoms with van der Waals surface area (Å²) >= 11 is 0. The highest BCUT2D eigenvalue weighted by atomic mass is 16.4. The van der Waals surface area contributed by atoms with Crippen molar-refractivity contribution in [2.75, 3.05) is 22.1 Å². The number of benzene rings is 1. The molecular weight excluding hydrogens is 554 g/mol. The Bertz CT molecular complexity index is 1960. The number of aliphatic imine (C=N–C) groups is 1. The first-order valence-electron chi connectivity index (χ1n) is 13.1. The lowest BCUT2D eigenvalue weighted by Crippen LogP contribution is -2.14. The van der Waals surface area contributed by atoms with Crippen LogP contribution in [0.2, 0.25) is 0 Å². The number of nitrogens with one attached hydrogen (secondary N) is 2. The normalized spacial score (nSPS) is 11.4. The molecule has 43 heavy (non-hydrogen) atoms. The number of imidazole rings is 2. The molecule has 1 aromatic carbocycles. The number of hydrogen-bond acceptors (Lipinski definition) is 12. The van der Waals surface area contributed by atoms with Crippen molar-refractivity contribution in [3.05, 3.63) is 67.5 Å². The summed E-state index contributed by atoms with van der Waals surface area (Å²) in [6.45, 7) is 0.747. The van der Waals surface area contributed by atoms with Gasteiger partial charge in [0.1, 0.15) is 29.4 Å². The van der Waals surface area contributed by atoms with Gasteiger partial charge in [0, 0.05) is 37.7 Å². The Labute approximate surface area is 242 Å². The van der Waals surface area contributed by atoms with E-state index in [9.17, 15) is 9.59 Å². The highest BCUT2D eigenvalue weighted by Gasteiger charge is 2.12. The number of aromatic nitrogens is 8. The van der Waals surface area contributed by atoms with Crippen LogP contribution in [-0.2, 0) is 22.7 Å². The first kappa shape index (κ1) is 27.0. The van der Waals surface area contributed by atoms with Crippen LogP contribution < -0.4 is 22.1 Å². The van der Waals surface area contributed by atoms with E-state index in [0.29, 0.717) is 64.3 Å². The summed E-state index contributed by atoms with van der Waals surface area (Å²) in [4.78, 5) is 53.9. The molecule has 0 saturated carbocycles. The fourth-order valence-corrected chi connectivity index (χ4v) is 4.25. The number of amides is 2. The van der Waals surface area contributed by atoms with Crippen LogP contribution in [0, 0.1) is 0 Å². The highest BCUT2D eigenvalue weighted by molar-refractivity contribution is 5.91. The molecule has 0 bridgehead atoms. The van der Waals surface area contributed by atoms with E-state index in [2.05, 4.69) is 45.5 Å². The molecule has 0 fully saturated rings. The van der Waals surface area contributed by atoms with Gasteiger partial charge in [0.2, 0.25) is 11.8 Å². The van der Waals surface area contributed by atoms with Gasteiger partial charge < -0.3 is 30.3 Å². The molecule has 2 amide bonds. The molecule has 0 atom stereocenters. The summed E-state index contributed by atoms with van der Waals surface area (Å²) in [6.07, 6.45) is 7.81. The zero-order valence-corrected chi connectivity index (χ0v) is 22.6. The van der Waals surface area contributed by atoms with Crippen LogP contribution in [0.3, 0.4) is 0 Å². The number of furan rings is 1. The molecule has 5 heterocycles. The van der Waals surface area contributed by atoms with E-state index in [1.54, 1.807) is 58.2 Å². The molecule has 5 aromatic heterocycles. The van der Waals surface area contributed by atoms with Gasteiger partial charge >= 0.3 is 0 Å². The molecule has 0 unspecified atom stereocenters. The molecule has 0 aliphatic heterocycles. The number of rotatable bonds is 10. The number of nitrogen functional groups attached to an aromatic ring is 2. The molecule has 6 rings (SSSR count). The lowest BCUT2D eigenvalue weighted by molar-refractivity contribution is -0.117. The van der Waals surface area contributed by atoms with Crippen molar-refractivity contribution >= 4 is 69.3 Å². The Morgan fingerprint density at radius 2 is 1.35 bits per heavy atom. The zero-order valence-electron chi connectivity index (χ0n) is 22.6. The van der Waals surface area contributed by atoms with Crippen LogP contribution >= 0.6 is 0 Å². The number of hydrogen-bond donors (Lipinski definition) is 4. The summed E-state index contributed by atoms with van der Waals surface area (Å²) in [5.41, 5.74) is 15.0. The van der Waals surface area contributed by atoms with Gasteiger partial charge in [-0.1, -0.05) is 0 Å². The highest BCUT2D eigenvalue weighted by Crippen LogP contribution is 2.19. The van der Waals surface area contributed by atoms with Crippen LogP contribution in [0.15, 0.2) is 71.1 Å². The summed E-state index contributed by atoms with van der Waals surface area (Å²) in [5, 5.41) is 5.58. The summed E-state index contributed by atoms with van der Waals surface area (Å²) in [6, 6.07) is 10.4. The van der Waals surface area contributed by atoms with Crippen LogP contribution in [-0.4, -0.2) is 57.1 Å². The number of fused-ring (bicyclic) bond motifs is 2. The molecule has 0 aliphatic rings. The van der Waals surface area contributed by atoms with Crippen LogP contribution in [0.5, 0.6) is 0 Å². The lowest BCUT2D eigenvalue weighted by atomic mass is 10.2. The number of carbonyl (C=O) groups is 2. The topological polar surface area (TPSA) is 223 Å². The van der Waals surface area contributed by atoms with Crippen LogP contribution in [0.1, 0.15) is 18.6 Å². The third-order valence-electron chi connectivity index (χ3n) is 6.40. The van der Waals surface area contributed by atoms with Gasteiger partial charge in [0.05, 0.1) is 24.6 Å².